The van der Waals surface area contributed by atoms with Crippen LogP contribution in [-0.4, -0.2) is 65.2 Å². The SMILES string of the molecule is CCC[C@H]1O[C@@H]2C[C@H]3[C@@H]4C[C@H](F)C5=CC(=O)C=C[C@]5(C)[C@@]4(F)[C@@H](O)C[C@]3(C)[C@]2(C(=O)CNC(C)C)O1. The maximum Gasteiger partial charge on any atom is 0.181 e. The largest absolute Gasteiger partial charge is 0.390 e. The molecule has 10 atom stereocenters. The molecule has 4 aliphatic carbocycles. The Bertz CT molecular complexity index is 1010. The minimum absolute atomic E-state index is 0.0155. The van der Waals surface area contributed by atoms with Crippen LogP contribution in [0.1, 0.15) is 66.7 Å². The number of hydrogen-bond donors (Lipinski definition) is 2. The normalized spacial score (nSPS) is 49.4. The number of hydrogen-bond acceptors (Lipinski definition) is 6. The van der Waals surface area contributed by atoms with Crippen LogP contribution in [0.25, 0.3) is 0 Å². The van der Waals surface area contributed by atoms with Crippen molar-refractivity contribution < 1.29 is 33.0 Å². The molecule has 1 saturated heterocycles. The Kier molecular flexibility index (Phi) is 6.18. The Morgan fingerprint density at radius 2 is 2.00 bits per heavy atom. The number of carbonyl (C=O) groups excluding carboxylic acids is 2. The van der Waals surface area contributed by atoms with Crippen LogP contribution in [0.3, 0.4) is 0 Å². The lowest BCUT2D eigenvalue weighted by molar-refractivity contribution is -0.234. The maximum atomic E-state index is 17.4. The molecule has 1 aliphatic heterocycles. The fraction of sp³-hybridized carbons (Fsp3) is 0.786. The molecule has 0 aromatic heterocycles. The monoisotopic (exact) mass is 507 g/mol. The summed E-state index contributed by atoms with van der Waals surface area (Å²) in [5, 5.41) is 14.8. The Hall–Kier alpha value is -1.48. The van der Waals surface area contributed by atoms with Gasteiger partial charge in [-0.15, -0.1) is 0 Å². The maximum absolute atomic E-state index is 17.4. The molecular formula is C28H39F2NO5. The topological polar surface area (TPSA) is 84.9 Å². The van der Waals surface area contributed by atoms with Crippen molar-refractivity contribution in [3.63, 3.8) is 0 Å². The van der Waals surface area contributed by atoms with Crippen LogP contribution in [0, 0.1) is 22.7 Å². The predicted molar refractivity (Wildman–Crippen MR) is 130 cm³/mol. The van der Waals surface area contributed by atoms with Crippen molar-refractivity contribution in [2.45, 2.75) is 109 Å². The lowest BCUT2D eigenvalue weighted by Gasteiger charge is -2.63. The Morgan fingerprint density at radius 1 is 1.28 bits per heavy atom. The summed E-state index contributed by atoms with van der Waals surface area (Å²) >= 11 is 0. The van der Waals surface area contributed by atoms with Crippen LogP contribution in [0.5, 0.6) is 0 Å². The van der Waals surface area contributed by atoms with Gasteiger partial charge in [0.1, 0.15) is 6.17 Å². The van der Waals surface area contributed by atoms with Crippen molar-refractivity contribution in [2.75, 3.05) is 6.54 Å². The van der Waals surface area contributed by atoms with Crippen molar-refractivity contribution in [1.29, 1.82) is 0 Å². The molecule has 0 spiro atoms. The number of ketones is 2. The second kappa shape index (κ2) is 8.52. The number of rotatable bonds is 6. The van der Waals surface area contributed by atoms with Crippen LogP contribution >= 0.6 is 0 Å². The highest BCUT2D eigenvalue weighted by atomic mass is 19.1. The summed E-state index contributed by atoms with van der Waals surface area (Å²) in [7, 11) is 0. The minimum atomic E-state index is -2.19. The molecule has 6 nitrogen and oxygen atoms in total. The summed E-state index contributed by atoms with van der Waals surface area (Å²) in [6.45, 7) is 9.47. The van der Waals surface area contributed by atoms with E-state index < -0.39 is 58.6 Å². The van der Waals surface area contributed by atoms with Crippen LogP contribution in [0.2, 0.25) is 0 Å². The molecule has 8 heteroatoms. The molecule has 200 valence electrons. The van der Waals surface area contributed by atoms with Gasteiger partial charge in [-0.1, -0.05) is 40.2 Å². The summed E-state index contributed by atoms with van der Waals surface area (Å²) in [6.07, 6.45) is 1.39. The number of nitrogens with one attached hydrogen (secondary N) is 1. The molecule has 36 heavy (non-hydrogen) atoms. The highest BCUT2D eigenvalue weighted by molar-refractivity contribution is 6.01. The Balaban J connectivity index is 1.59. The van der Waals surface area contributed by atoms with E-state index >= 15 is 8.78 Å². The van der Waals surface area contributed by atoms with Gasteiger partial charge in [-0.05, 0) is 56.3 Å². The van der Waals surface area contributed by atoms with Gasteiger partial charge in [-0.25, -0.2) is 8.78 Å². The van der Waals surface area contributed by atoms with Gasteiger partial charge < -0.3 is 19.9 Å². The van der Waals surface area contributed by atoms with E-state index in [2.05, 4.69) is 5.32 Å². The van der Waals surface area contributed by atoms with Crippen LogP contribution in [-0.2, 0) is 19.1 Å². The first kappa shape index (κ1) is 26.1. The average molecular weight is 508 g/mol. The standard InChI is InChI=1S/C28H39F2NO5/c1-6-7-24-35-23-12-17-18-11-20(29)19-10-16(32)8-9-25(19,4)27(18,30)21(33)13-26(17,5)28(23,36-24)22(34)14-31-15(2)3/h8-10,15,17-18,20-21,23-24,31,33H,6-7,11-14H2,1-5H3/t17-,18-,20-,21-,23+,24-,25-,26-,27-,28+/m0/s1. The van der Waals surface area contributed by atoms with Crippen molar-refractivity contribution in [2.24, 2.45) is 22.7 Å². The Morgan fingerprint density at radius 3 is 2.67 bits per heavy atom. The number of ether oxygens (including phenoxy) is 2. The van der Waals surface area contributed by atoms with Crippen molar-refractivity contribution in [1.82, 2.24) is 5.32 Å². The fourth-order valence-corrected chi connectivity index (χ4v) is 8.31. The van der Waals surface area contributed by atoms with E-state index in [9.17, 15) is 14.7 Å². The van der Waals surface area contributed by atoms with E-state index in [0.29, 0.717) is 12.8 Å². The van der Waals surface area contributed by atoms with Gasteiger partial charge in [0.15, 0.2) is 29.1 Å². The number of allylic oxidation sites excluding steroid dienone is 4. The van der Waals surface area contributed by atoms with Crippen LogP contribution in [0.4, 0.5) is 8.78 Å². The molecular weight excluding hydrogens is 468 g/mol. The summed E-state index contributed by atoms with van der Waals surface area (Å²) < 4.78 is 45.9. The molecule has 1 heterocycles. The Labute approximate surface area is 211 Å². The van der Waals surface area contributed by atoms with E-state index in [4.69, 9.17) is 9.47 Å². The molecule has 4 fully saturated rings. The van der Waals surface area contributed by atoms with E-state index in [-0.39, 0.29) is 42.6 Å². The lowest BCUT2D eigenvalue weighted by Crippen LogP contribution is -2.71. The number of carbonyl (C=O) groups is 2. The molecule has 0 amide bonds. The van der Waals surface area contributed by atoms with Crippen LogP contribution in [0.15, 0.2) is 23.8 Å². The molecule has 2 N–H and O–H groups in total. The van der Waals surface area contributed by atoms with Crippen molar-refractivity contribution >= 4 is 11.6 Å². The zero-order valence-electron chi connectivity index (χ0n) is 21.9. The molecule has 0 radical (unpaired) electrons. The van der Waals surface area contributed by atoms with Gasteiger partial charge in [0.25, 0.3) is 0 Å². The van der Waals surface area contributed by atoms with Crippen LogP contribution < -0.4 is 5.32 Å². The third-order valence-electron chi connectivity index (χ3n) is 10.0. The van der Waals surface area contributed by atoms with Gasteiger partial charge in [-0.3, -0.25) is 9.59 Å². The average Bonchev–Trinajstić information content (AvgIpc) is 3.28. The minimum Gasteiger partial charge on any atom is -0.390 e. The van der Waals surface area contributed by atoms with Gasteiger partial charge in [0.2, 0.25) is 0 Å². The summed E-state index contributed by atoms with van der Waals surface area (Å²) in [4.78, 5) is 26.0. The third kappa shape index (κ3) is 3.20. The molecule has 0 bridgehead atoms. The summed E-state index contributed by atoms with van der Waals surface area (Å²) in [6, 6.07) is 0.0783. The number of fused-ring (bicyclic) bond motifs is 7. The zero-order valence-corrected chi connectivity index (χ0v) is 21.9. The lowest BCUT2D eigenvalue weighted by atomic mass is 9.44. The third-order valence-corrected chi connectivity index (χ3v) is 10.0. The molecule has 0 aromatic carbocycles. The first-order valence-corrected chi connectivity index (χ1v) is 13.4. The summed E-state index contributed by atoms with van der Waals surface area (Å²) in [5.74, 6) is -1.84. The predicted octanol–water partition coefficient (Wildman–Crippen LogP) is 3.76. The second-order valence-electron chi connectivity index (χ2n) is 12.3. The molecule has 0 unspecified atom stereocenters. The van der Waals surface area contributed by atoms with E-state index in [1.54, 1.807) is 6.92 Å². The van der Waals surface area contributed by atoms with E-state index in [1.165, 1.54) is 18.2 Å². The van der Waals surface area contributed by atoms with Crippen molar-refractivity contribution in [3.05, 3.63) is 23.8 Å². The summed E-state index contributed by atoms with van der Waals surface area (Å²) in [5.41, 5.74) is -5.84. The second-order valence-corrected chi connectivity index (χ2v) is 12.3. The van der Waals surface area contributed by atoms with Gasteiger partial charge in [0, 0.05) is 22.8 Å². The number of aliphatic hydroxyl groups is 1. The number of alkyl halides is 2. The highest BCUT2D eigenvalue weighted by Gasteiger charge is 2.79. The van der Waals surface area contributed by atoms with Gasteiger partial charge >= 0.3 is 0 Å². The number of aliphatic hydroxyl groups excluding tert-OH is 1. The molecule has 3 saturated carbocycles. The van der Waals surface area contributed by atoms with Crippen molar-refractivity contribution in [3.8, 4) is 0 Å². The smallest absolute Gasteiger partial charge is 0.181 e. The molecule has 5 rings (SSSR count). The highest BCUT2D eigenvalue weighted by Crippen LogP contribution is 2.72. The van der Waals surface area contributed by atoms with E-state index in [0.717, 1.165) is 6.42 Å². The first-order valence-electron chi connectivity index (χ1n) is 13.4. The van der Waals surface area contributed by atoms with Gasteiger partial charge in [-0.2, -0.15) is 0 Å². The molecule has 0 aromatic rings. The fourth-order valence-electron chi connectivity index (χ4n) is 8.31. The van der Waals surface area contributed by atoms with Gasteiger partial charge in [0.05, 0.1) is 18.8 Å². The molecule has 5 aliphatic rings. The number of halogens is 2. The number of Topliss-reactive ketones (excluding diaryl/α,β-unsaturated/α-hetero) is 1. The van der Waals surface area contributed by atoms with E-state index in [1.807, 2.05) is 27.7 Å². The first-order chi connectivity index (χ1) is 16.8. The zero-order chi connectivity index (χ0) is 26.3. The quantitative estimate of drug-likeness (QED) is 0.570.